The van der Waals surface area contributed by atoms with Gasteiger partial charge in [0, 0.05) is 32.5 Å². The lowest BCUT2D eigenvalue weighted by Crippen LogP contribution is -2.07. The molecule has 2 aromatic rings. The quantitative estimate of drug-likeness (QED) is 0.656. The van der Waals surface area contributed by atoms with Crippen molar-refractivity contribution in [2.75, 3.05) is 34.4 Å². The van der Waals surface area contributed by atoms with Crippen molar-refractivity contribution in [3.05, 3.63) is 46.4 Å². The van der Waals surface area contributed by atoms with E-state index in [4.69, 9.17) is 18.9 Å². The van der Waals surface area contributed by atoms with Crippen molar-refractivity contribution in [3.8, 4) is 22.6 Å². The van der Waals surface area contributed by atoms with Crippen molar-refractivity contribution in [2.24, 2.45) is 0 Å². The third kappa shape index (κ3) is 4.48. The zero-order chi connectivity index (χ0) is 17.4. The summed E-state index contributed by atoms with van der Waals surface area (Å²) in [5.74, 6) is 1.21. The second-order valence-electron chi connectivity index (χ2n) is 4.98. The summed E-state index contributed by atoms with van der Waals surface area (Å²) in [6, 6.07) is 11.7. The molecule has 0 aliphatic heterocycles. The summed E-state index contributed by atoms with van der Waals surface area (Å²) < 4.78 is 22.2. The third-order valence-corrected chi connectivity index (χ3v) is 4.25. The lowest BCUT2D eigenvalue weighted by Gasteiger charge is -2.20. The van der Waals surface area contributed by atoms with Gasteiger partial charge in [-0.3, -0.25) is 0 Å². The van der Waals surface area contributed by atoms with Crippen molar-refractivity contribution >= 4 is 15.9 Å². The Morgan fingerprint density at radius 3 is 2.17 bits per heavy atom. The number of rotatable bonds is 9. The molecule has 0 aromatic heterocycles. The van der Waals surface area contributed by atoms with Gasteiger partial charge < -0.3 is 24.1 Å². The highest BCUT2D eigenvalue weighted by Crippen LogP contribution is 2.43. The van der Waals surface area contributed by atoms with E-state index in [1.807, 2.05) is 30.3 Å². The maximum absolute atomic E-state index is 9.50. The number of aliphatic hydroxyl groups is 1. The molecular weight excluding hydrogens is 376 g/mol. The monoisotopic (exact) mass is 396 g/mol. The van der Waals surface area contributed by atoms with Crippen molar-refractivity contribution in [3.63, 3.8) is 0 Å². The number of benzene rings is 2. The SMILES string of the molecule is COCOc1cc(OCOC)c(-c2ccccc2)c(CCO)c1Br. The molecule has 24 heavy (non-hydrogen) atoms. The number of halogens is 1. The molecule has 0 radical (unpaired) electrons. The van der Waals surface area contributed by atoms with E-state index in [-0.39, 0.29) is 20.2 Å². The van der Waals surface area contributed by atoms with Crippen LogP contribution in [0.3, 0.4) is 0 Å². The van der Waals surface area contributed by atoms with Crippen LogP contribution in [0, 0.1) is 0 Å². The Labute approximate surface area is 150 Å². The number of hydrogen-bond acceptors (Lipinski definition) is 5. The Kier molecular flexibility index (Phi) is 7.52. The largest absolute Gasteiger partial charge is 0.467 e. The van der Waals surface area contributed by atoms with Crippen molar-refractivity contribution in [1.82, 2.24) is 0 Å². The zero-order valence-electron chi connectivity index (χ0n) is 13.8. The molecule has 0 amide bonds. The fourth-order valence-electron chi connectivity index (χ4n) is 2.39. The number of ether oxygens (including phenoxy) is 4. The second kappa shape index (κ2) is 9.64. The fraction of sp³-hybridized carbons (Fsp3) is 0.333. The first-order chi connectivity index (χ1) is 11.7. The summed E-state index contributed by atoms with van der Waals surface area (Å²) in [5.41, 5.74) is 2.80. The topological polar surface area (TPSA) is 57.2 Å². The smallest absolute Gasteiger partial charge is 0.188 e. The molecule has 130 valence electrons. The molecule has 0 aliphatic rings. The van der Waals surface area contributed by atoms with Crippen LogP contribution in [0.4, 0.5) is 0 Å². The summed E-state index contributed by atoms with van der Waals surface area (Å²) in [6.07, 6.45) is 0.457. The molecule has 0 saturated carbocycles. The molecule has 0 spiro atoms. The lowest BCUT2D eigenvalue weighted by molar-refractivity contribution is 0.0458. The van der Waals surface area contributed by atoms with E-state index in [0.29, 0.717) is 17.9 Å². The minimum Gasteiger partial charge on any atom is -0.467 e. The molecule has 0 unspecified atom stereocenters. The molecule has 1 N–H and O–H groups in total. The first-order valence-corrected chi connectivity index (χ1v) is 8.27. The van der Waals surface area contributed by atoms with Gasteiger partial charge in [-0.1, -0.05) is 30.3 Å². The fourth-order valence-corrected chi connectivity index (χ4v) is 3.02. The lowest BCUT2D eigenvalue weighted by atomic mass is 9.96. The van der Waals surface area contributed by atoms with Gasteiger partial charge >= 0.3 is 0 Å². The van der Waals surface area contributed by atoms with Gasteiger partial charge in [0.2, 0.25) is 0 Å². The van der Waals surface area contributed by atoms with Gasteiger partial charge in [-0.2, -0.15) is 0 Å². The van der Waals surface area contributed by atoms with Crippen LogP contribution < -0.4 is 9.47 Å². The predicted molar refractivity (Wildman–Crippen MR) is 95.4 cm³/mol. The Morgan fingerprint density at radius 2 is 1.58 bits per heavy atom. The molecule has 0 atom stereocenters. The summed E-state index contributed by atoms with van der Waals surface area (Å²) in [5, 5.41) is 9.50. The Balaban J connectivity index is 2.61. The third-order valence-electron chi connectivity index (χ3n) is 3.38. The van der Waals surface area contributed by atoms with Crippen LogP contribution in [-0.2, 0) is 15.9 Å². The van der Waals surface area contributed by atoms with Gasteiger partial charge in [-0.05, 0) is 33.5 Å². The Morgan fingerprint density at radius 1 is 0.958 bits per heavy atom. The molecule has 0 aliphatic carbocycles. The molecular formula is C18H21BrO5. The zero-order valence-corrected chi connectivity index (χ0v) is 15.3. The standard InChI is InChI=1S/C18H21BrO5/c1-21-11-23-15-10-16(24-12-22-2)18(19)14(8-9-20)17(15)13-6-4-3-5-7-13/h3-7,10,20H,8-9,11-12H2,1-2H3. The first kappa shape index (κ1) is 18.7. The van der Waals surface area contributed by atoms with Gasteiger partial charge in [-0.15, -0.1) is 0 Å². The molecule has 5 nitrogen and oxygen atoms in total. The Hall–Kier alpha value is -1.60. The van der Waals surface area contributed by atoms with Gasteiger partial charge in [-0.25, -0.2) is 0 Å². The van der Waals surface area contributed by atoms with E-state index >= 15 is 0 Å². The predicted octanol–water partition coefficient (Wildman–Crippen LogP) is 3.62. The highest BCUT2D eigenvalue weighted by atomic mass is 79.9. The van der Waals surface area contributed by atoms with Gasteiger partial charge in [0.1, 0.15) is 11.5 Å². The minimum atomic E-state index is 0.00980. The maximum Gasteiger partial charge on any atom is 0.188 e. The van der Waals surface area contributed by atoms with Crippen LogP contribution in [-0.4, -0.2) is 39.5 Å². The van der Waals surface area contributed by atoms with Crippen LogP contribution in [0.2, 0.25) is 0 Å². The highest BCUT2D eigenvalue weighted by Gasteiger charge is 2.20. The van der Waals surface area contributed by atoms with Crippen molar-refractivity contribution in [1.29, 1.82) is 0 Å². The second-order valence-corrected chi connectivity index (χ2v) is 5.77. The number of aliphatic hydroxyl groups excluding tert-OH is 1. The minimum absolute atomic E-state index is 0.00980. The van der Waals surface area contributed by atoms with Crippen LogP contribution >= 0.6 is 15.9 Å². The highest BCUT2D eigenvalue weighted by molar-refractivity contribution is 9.10. The molecule has 2 rings (SSSR count). The van der Waals surface area contributed by atoms with E-state index in [1.54, 1.807) is 20.3 Å². The van der Waals surface area contributed by atoms with Crippen LogP contribution in [0.15, 0.2) is 40.9 Å². The maximum atomic E-state index is 9.50. The van der Waals surface area contributed by atoms with Crippen LogP contribution in [0.5, 0.6) is 11.5 Å². The summed E-state index contributed by atoms with van der Waals surface area (Å²) >= 11 is 3.58. The van der Waals surface area contributed by atoms with Crippen LogP contribution in [0.25, 0.3) is 11.1 Å². The van der Waals surface area contributed by atoms with Gasteiger partial charge in [0.05, 0.1) is 4.47 Å². The average molecular weight is 397 g/mol. The van der Waals surface area contributed by atoms with E-state index < -0.39 is 0 Å². The van der Waals surface area contributed by atoms with E-state index in [0.717, 1.165) is 21.2 Å². The number of hydrogen-bond donors (Lipinski definition) is 1. The Bertz CT molecular complexity index is 646. The molecule has 2 aromatic carbocycles. The summed E-state index contributed by atoms with van der Waals surface area (Å²) in [6.45, 7) is 0.241. The van der Waals surface area contributed by atoms with E-state index in [9.17, 15) is 5.11 Å². The summed E-state index contributed by atoms with van der Waals surface area (Å²) in [4.78, 5) is 0. The van der Waals surface area contributed by atoms with Crippen LogP contribution in [0.1, 0.15) is 5.56 Å². The molecule has 0 fully saturated rings. The number of methoxy groups -OCH3 is 2. The first-order valence-electron chi connectivity index (χ1n) is 7.48. The molecule has 0 saturated heterocycles. The van der Waals surface area contributed by atoms with E-state index in [1.165, 1.54) is 0 Å². The molecule has 0 heterocycles. The van der Waals surface area contributed by atoms with Gasteiger partial charge in [0.15, 0.2) is 13.6 Å². The van der Waals surface area contributed by atoms with Crippen molar-refractivity contribution in [2.45, 2.75) is 6.42 Å². The summed E-state index contributed by atoms with van der Waals surface area (Å²) in [7, 11) is 3.13. The molecule has 0 bridgehead atoms. The molecule has 6 heteroatoms. The van der Waals surface area contributed by atoms with E-state index in [2.05, 4.69) is 15.9 Å². The normalized spacial score (nSPS) is 10.7. The average Bonchev–Trinajstić information content (AvgIpc) is 2.61. The van der Waals surface area contributed by atoms with Crippen molar-refractivity contribution < 1.29 is 24.1 Å². The van der Waals surface area contributed by atoms with Gasteiger partial charge in [0.25, 0.3) is 0 Å².